The molecule has 2 atom stereocenters. The topological polar surface area (TPSA) is 64.4 Å². The fraction of sp³-hybridized carbons (Fsp3) is 0.500. The molecule has 0 saturated carbocycles. The van der Waals surface area contributed by atoms with Gasteiger partial charge in [-0.25, -0.2) is 0 Å². The number of anilines is 1. The molecular weight excluding hydrogens is 300 g/mol. The highest BCUT2D eigenvalue weighted by molar-refractivity contribution is 9.10. The SMILES string of the molecule is CC1OCCC1(C)Nc1cc(Br)ccc1[N+](=O)[O-]. The van der Waals surface area contributed by atoms with Gasteiger partial charge >= 0.3 is 0 Å². The van der Waals surface area contributed by atoms with Gasteiger partial charge in [0.15, 0.2) is 0 Å². The van der Waals surface area contributed by atoms with Crippen LogP contribution in [0.4, 0.5) is 11.4 Å². The first-order valence-corrected chi connectivity index (χ1v) is 6.55. The van der Waals surface area contributed by atoms with Crippen LogP contribution in [0.25, 0.3) is 0 Å². The summed E-state index contributed by atoms with van der Waals surface area (Å²) in [5.74, 6) is 0. The molecule has 1 aliphatic heterocycles. The molecule has 1 aromatic carbocycles. The van der Waals surface area contributed by atoms with Gasteiger partial charge in [0.25, 0.3) is 5.69 Å². The molecule has 0 bridgehead atoms. The molecule has 1 N–H and O–H groups in total. The summed E-state index contributed by atoms with van der Waals surface area (Å²) in [5.41, 5.74) is 0.332. The lowest BCUT2D eigenvalue weighted by molar-refractivity contribution is -0.384. The van der Waals surface area contributed by atoms with E-state index in [9.17, 15) is 10.1 Å². The van der Waals surface area contributed by atoms with Crippen molar-refractivity contribution in [3.05, 3.63) is 32.8 Å². The number of nitrogens with one attached hydrogen (secondary N) is 1. The van der Waals surface area contributed by atoms with Gasteiger partial charge in [-0.05, 0) is 32.4 Å². The fourth-order valence-corrected chi connectivity index (χ4v) is 2.44. The van der Waals surface area contributed by atoms with Crippen LogP contribution >= 0.6 is 15.9 Å². The minimum absolute atomic E-state index is 0.0242. The van der Waals surface area contributed by atoms with E-state index < -0.39 is 0 Å². The van der Waals surface area contributed by atoms with Gasteiger partial charge in [-0.3, -0.25) is 10.1 Å². The smallest absolute Gasteiger partial charge is 0.292 e. The van der Waals surface area contributed by atoms with Crippen LogP contribution in [0.2, 0.25) is 0 Å². The number of ether oxygens (including phenoxy) is 1. The molecule has 2 rings (SSSR count). The van der Waals surface area contributed by atoms with E-state index in [1.807, 2.05) is 13.8 Å². The highest BCUT2D eigenvalue weighted by Gasteiger charge is 2.38. The third kappa shape index (κ3) is 2.49. The number of hydrogen-bond donors (Lipinski definition) is 1. The Morgan fingerprint density at radius 3 is 2.89 bits per heavy atom. The first kappa shape index (κ1) is 13.3. The van der Waals surface area contributed by atoms with Crippen molar-refractivity contribution >= 4 is 27.3 Å². The Kier molecular flexibility index (Phi) is 3.59. The van der Waals surface area contributed by atoms with Crippen molar-refractivity contribution in [3.8, 4) is 0 Å². The van der Waals surface area contributed by atoms with Gasteiger partial charge in [0.05, 0.1) is 16.6 Å². The normalized spacial score (nSPS) is 27.2. The van der Waals surface area contributed by atoms with E-state index in [1.165, 1.54) is 6.07 Å². The molecule has 1 aliphatic rings. The molecule has 0 amide bonds. The van der Waals surface area contributed by atoms with Crippen LogP contribution in [0.15, 0.2) is 22.7 Å². The molecule has 0 aliphatic carbocycles. The van der Waals surface area contributed by atoms with Crippen LogP contribution in [0.5, 0.6) is 0 Å². The average molecular weight is 315 g/mol. The van der Waals surface area contributed by atoms with Crippen LogP contribution in [0, 0.1) is 10.1 Å². The summed E-state index contributed by atoms with van der Waals surface area (Å²) in [6.45, 7) is 4.67. The molecule has 18 heavy (non-hydrogen) atoms. The zero-order valence-corrected chi connectivity index (χ0v) is 11.9. The molecule has 0 radical (unpaired) electrons. The fourth-order valence-electron chi connectivity index (χ4n) is 2.07. The molecule has 1 aromatic rings. The molecule has 98 valence electrons. The van der Waals surface area contributed by atoms with Crippen molar-refractivity contribution < 1.29 is 9.66 Å². The maximum atomic E-state index is 11.0. The van der Waals surface area contributed by atoms with Gasteiger partial charge in [0, 0.05) is 17.1 Å². The summed E-state index contributed by atoms with van der Waals surface area (Å²) in [5, 5.41) is 14.3. The summed E-state index contributed by atoms with van der Waals surface area (Å²) in [7, 11) is 0. The molecular formula is C12H15BrN2O3. The molecule has 1 heterocycles. The van der Waals surface area contributed by atoms with Gasteiger partial charge in [-0.15, -0.1) is 0 Å². The Labute approximate surface area is 114 Å². The highest BCUT2D eigenvalue weighted by Crippen LogP contribution is 2.35. The standard InChI is InChI=1S/C12H15BrN2O3/c1-8-12(2,5-6-18-8)14-10-7-9(13)3-4-11(10)15(16)17/h3-4,7-8,14H,5-6H2,1-2H3. The van der Waals surface area contributed by atoms with E-state index >= 15 is 0 Å². The number of hydrogen-bond acceptors (Lipinski definition) is 4. The van der Waals surface area contributed by atoms with Crippen LogP contribution in [0.3, 0.4) is 0 Å². The largest absolute Gasteiger partial charge is 0.376 e. The Morgan fingerprint density at radius 1 is 1.61 bits per heavy atom. The van der Waals surface area contributed by atoms with Crippen molar-refractivity contribution in [1.29, 1.82) is 0 Å². The van der Waals surface area contributed by atoms with E-state index in [2.05, 4.69) is 21.2 Å². The molecule has 2 unspecified atom stereocenters. The van der Waals surface area contributed by atoms with Gasteiger partial charge in [0.2, 0.25) is 0 Å². The summed E-state index contributed by atoms with van der Waals surface area (Å²) < 4.78 is 6.34. The second-order valence-electron chi connectivity index (χ2n) is 4.72. The molecule has 5 nitrogen and oxygen atoms in total. The molecule has 1 fully saturated rings. The number of nitro groups is 1. The molecule has 0 spiro atoms. The quantitative estimate of drug-likeness (QED) is 0.686. The lowest BCUT2D eigenvalue weighted by Crippen LogP contribution is -2.41. The number of nitro benzene ring substituents is 1. The Balaban J connectivity index is 2.33. The molecule has 0 aromatic heterocycles. The van der Waals surface area contributed by atoms with Crippen LogP contribution in [-0.2, 0) is 4.74 Å². The van der Waals surface area contributed by atoms with E-state index in [0.29, 0.717) is 12.3 Å². The number of rotatable bonds is 3. The van der Waals surface area contributed by atoms with Crippen LogP contribution in [-0.4, -0.2) is 23.2 Å². The zero-order chi connectivity index (χ0) is 13.3. The number of benzene rings is 1. The van der Waals surface area contributed by atoms with Crippen molar-refractivity contribution in [3.63, 3.8) is 0 Å². The predicted molar refractivity (Wildman–Crippen MR) is 72.9 cm³/mol. The second-order valence-corrected chi connectivity index (χ2v) is 5.64. The second kappa shape index (κ2) is 4.85. The van der Waals surface area contributed by atoms with Crippen molar-refractivity contribution in [1.82, 2.24) is 0 Å². The summed E-state index contributed by atoms with van der Waals surface area (Å²) >= 11 is 3.33. The van der Waals surface area contributed by atoms with Gasteiger partial charge in [-0.2, -0.15) is 0 Å². The van der Waals surface area contributed by atoms with Gasteiger partial charge in [0.1, 0.15) is 5.69 Å². The third-order valence-corrected chi connectivity index (χ3v) is 3.96. The van der Waals surface area contributed by atoms with Crippen molar-refractivity contribution in [2.75, 3.05) is 11.9 Å². The van der Waals surface area contributed by atoms with E-state index in [1.54, 1.807) is 12.1 Å². The van der Waals surface area contributed by atoms with E-state index in [-0.39, 0.29) is 22.3 Å². The maximum absolute atomic E-state index is 11.0. The Hall–Kier alpha value is -1.14. The lowest BCUT2D eigenvalue weighted by Gasteiger charge is -2.29. The van der Waals surface area contributed by atoms with Gasteiger partial charge < -0.3 is 10.1 Å². The van der Waals surface area contributed by atoms with Crippen molar-refractivity contribution in [2.45, 2.75) is 31.9 Å². The van der Waals surface area contributed by atoms with Gasteiger partial charge in [-0.1, -0.05) is 15.9 Å². The lowest BCUT2D eigenvalue weighted by atomic mass is 9.94. The summed E-state index contributed by atoms with van der Waals surface area (Å²) in [4.78, 5) is 10.6. The highest BCUT2D eigenvalue weighted by atomic mass is 79.9. The summed E-state index contributed by atoms with van der Waals surface area (Å²) in [6.07, 6.45) is 0.855. The number of nitrogens with zero attached hydrogens (tertiary/aromatic N) is 1. The van der Waals surface area contributed by atoms with E-state index in [4.69, 9.17) is 4.74 Å². The van der Waals surface area contributed by atoms with E-state index in [0.717, 1.165) is 10.9 Å². The summed E-state index contributed by atoms with van der Waals surface area (Å²) in [6, 6.07) is 4.89. The maximum Gasteiger partial charge on any atom is 0.292 e. The first-order valence-electron chi connectivity index (χ1n) is 5.76. The average Bonchev–Trinajstić information content (AvgIpc) is 2.58. The Bertz CT molecular complexity index is 480. The number of halogens is 1. The molecule has 6 heteroatoms. The third-order valence-electron chi connectivity index (χ3n) is 3.46. The first-order chi connectivity index (χ1) is 8.42. The van der Waals surface area contributed by atoms with Crippen molar-refractivity contribution in [2.24, 2.45) is 0 Å². The molecule has 1 saturated heterocycles. The monoisotopic (exact) mass is 314 g/mol. The zero-order valence-electron chi connectivity index (χ0n) is 10.3. The van der Waals surface area contributed by atoms with Crippen LogP contribution < -0.4 is 5.32 Å². The predicted octanol–water partition coefficient (Wildman–Crippen LogP) is 3.34. The van der Waals surface area contributed by atoms with Crippen LogP contribution in [0.1, 0.15) is 20.3 Å². The minimum Gasteiger partial charge on any atom is -0.376 e. The minimum atomic E-state index is -0.376. The Morgan fingerprint density at radius 2 is 2.33 bits per heavy atom.